The Morgan fingerprint density at radius 3 is 2.62 bits per heavy atom. The van der Waals surface area contributed by atoms with Gasteiger partial charge in [0, 0.05) is 51.2 Å². The summed E-state index contributed by atoms with van der Waals surface area (Å²) in [5.41, 5.74) is 2.38. The van der Waals surface area contributed by atoms with Crippen LogP contribution in [0.5, 0.6) is 0 Å². The smallest absolute Gasteiger partial charge is 0.222 e. The molecular formula is C23H37N5O. The molecule has 2 saturated heterocycles. The number of nitrogens with one attached hydrogen (secondary N) is 2. The van der Waals surface area contributed by atoms with E-state index < -0.39 is 0 Å². The average molecular weight is 400 g/mol. The van der Waals surface area contributed by atoms with Crippen LogP contribution in [0.15, 0.2) is 29.3 Å². The first-order valence-corrected chi connectivity index (χ1v) is 11.1. The van der Waals surface area contributed by atoms with E-state index in [0.29, 0.717) is 37.5 Å². The lowest BCUT2D eigenvalue weighted by molar-refractivity contribution is -0.128. The van der Waals surface area contributed by atoms with Gasteiger partial charge in [-0.2, -0.15) is 0 Å². The Kier molecular flexibility index (Phi) is 7.53. The summed E-state index contributed by atoms with van der Waals surface area (Å²) in [5, 5.41) is 7.05. The number of guanidine groups is 1. The van der Waals surface area contributed by atoms with E-state index in [2.05, 4.69) is 61.4 Å². The SMILES string of the molecule is CCNC(=NCc1ccccc1CN1CCCC1=O)NC1CN(C(C)C)CC1C. The van der Waals surface area contributed by atoms with Crippen LogP contribution in [-0.2, 0) is 17.9 Å². The Hall–Kier alpha value is -2.08. The second-order valence-electron chi connectivity index (χ2n) is 8.66. The highest BCUT2D eigenvalue weighted by Gasteiger charge is 2.31. The zero-order chi connectivity index (χ0) is 20.8. The molecule has 0 bridgehead atoms. The number of benzene rings is 1. The van der Waals surface area contributed by atoms with E-state index in [-0.39, 0.29) is 5.91 Å². The quantitative estimate of drug-likeness (QED) is 0.547. The molecule has 2 N–H and O–H groups in total. The summed E-state index contributed by atoms with van der Waals surface area (Å²) < 4.78 is 0. The molecule has 0 spiro atoms. The van der Waals surface area contributed by atoms with E-state index in [9.17, 15) is 4.79 Å². The molecule has 2 aliphatic heterocycles. The summed E-state index contributed by atoms with van der Waals surface area (Å²) in [6.07, 6.45) is 1.66. The van der Waals surface area contributed by atoms with Gasteiger partial charge in [0.2, 0.25) is 5.91 Å². The molecule has 6 nitrogen and oxygen atoms in total. The van der Waals surface area contributed by atoms with Crippen LogP contribution in [-0.4, -0.2) is 59.9 Å². The third-order valence-corrected chi connectivity index (χ3v) is 6.10. The summed E-state index contributed by atoms with van der Waals surface area (Å²) in [4.78, 5) is 21.4. The predicted molar refractivity (Wildman–Crippen MR) is 119 cm³/mol. The van der Waals surface area contributed by atoms with Gasteiger partial charge in [-0.15, -0.1) is 0 Å². The Morgan fingerprint density at radius 1 is 1.24 bits per heavy atom. The third kappa shape index (κ3) is 5.72. The topological polar surface area (TPSA) is 60.0 Å². The second kappa shape index (κ2) is 10.1. The highest BCUT2D eigenvalue weighted by Crippen LogP contribution is 2.20. The molecule has 0 aromatic heterocycles. The summed E-state index contributed by atoms with van der Waals surface area (Å²) in [7, 11) is 0. The van der Waals surface area contributed by atoms with Crippen molar-refractivity contribution < 1.29 is 4.79 Å². The fraction of sp³-hybridized carbons (Fsp3) is 0.652. The van der Waals surface area contributed by atoms with E-state index in [0.717, 1.165) is 38.6 Å². The predicted octanol–water partition coefficient (Wildman–Crippen LogP) is 2.59. The van der Waals surface area contributed by atoms with Crippen LogP contribution < -0.4 is 10.6 Å². The average Bonchev–Trinajstić information content (AvgIpc) is 3.27. The molecule has 2 aliphatic rings. The molecule has 1 aromatic rings. The van der Waals surface area contributed by atoms with Crippen LogP contribution in [0.25, 0.3) is 0 Å². The Bertz CT molecular complexity index is 717. The largest absolute Gasteiger partial charge is 0.357 e. The Balaban J connectivity index is 1.67. The van der Waals surface area contributed by atoms with E-state index in [1.807, 2.05) is 11.0 Å². The number of rotatable bonds is 7. The molecule has 2 heterocycles. The minimum atomic E-state index is 0.267. The maximum atomic E-state index is 12.0. The van der Waals surface area contributed by atoms with Gasteiger partial charge in [-0.05, 0) is 44.2 Å². The van der Waals surface area contributed by atoms with Crippen molar-refractivity contribution in [1.82, 2.24) is 20.4 Å². The molecule has 2 atom stereocenters. The van der Waals surface area contributed by atoms with Crippen molar-refractivity contribution in [3.63, 3.8) is 0 Å². The normalized spacial score (nSPS) is 23.3. The van der Waals surface area contributed by atoms with Gasteiger partial charge in [0.25, 0.3) is 0 Å². The summed E-state index contributed by atoms with van der Waals surface area (Å²) >= 11 is 0. The molecule has 1 amide bonds. The van der Waals surface area contributed by atoms with Crippen LogP contribution in [0.4, 0.5) is 0 Å². The van der Waals surface area contributed by atoms with Gasteiger partial charge >= 0.3 is 0 Å². The van der Waals surface area contributed by atoms with Crippen molar-refractivity contribution in [2.75, 3.05) is 26.2 Å². The van der Waals surface area contributed by atoms with Gasteiger partial charge in [-0.3, -0.25) is 9.69 Å². The van der Waals surface area contributed by atoms with Crippen molar-refractivity contribution in [1.29, 1.82) is 0 Å². The zero-order valence-electron chi connectivity index (χ0n) is 18.4. The lowest BCUT2D eigenvalue weighted by Gasteiger charge is -2.22. The van der Waals surface area contributed by atoms with Gasteiger partial charge < -0.3 is 15.5 Å². The number of carbonyl (C=O) groups is 1. The molecule has 1 aromatic carbocycles. The van der Waals surface area contributed by atoms with E-state index in [1.165, 1.54) is 11.1 Å². The maximum absolute atomic E-state index is 12.0. The number of aliphatic imine (C=N–C) groups is 1. The molecule has 160 valence electrons. The number of carbonyl (C=O) groups excluding carboxylic acids is 1. The van der Waals surface area contributed by atoms with Crippen molar-refractivity contribution >= 4 is 11.9 Å². The van der Waals surface area contributed by atoms with Crippen LogP contribution in [0, 0.1) is 5.92 Å². The first-order chi connectivity index (χ1) is 14.0. The van der Waals surface area contributed by atoms with Crippen molar-refractivity contribution in [2.45, 2.75) is 65.7 Å². The van der Waals surface area contributed by atoms with Crippen LogP contribution in [0.2, 0.25) is 0 Å². The second-order valence-corrected chi connectivity index (χ2v) is 8.66. The molecule has 29 heavy (non-hydrogen) atoms. The number of hydrogen-bond donors (Lipinski definition) is 2. The van der Waals surface area contributed by atoms with E-state index in [4.69, 9.17) is 4.99 Å². The van der Waals surface area contributed by atoms with E-state index >= 15 is 0 Å². The molecule has 2 unspecified atom stereocenters. The molecule has 0 saturated carbocycles. The third-order valence-electron chi connectivity index (χ3n) is 6.10. The first-order valence-electron chi connectivity index (χ1n) is 11.1. The number of amides is 1. The molecule has 0 aliphatic carbocycles. The lowest BCUT2D eigenvalue weighted by Crippen LogP contribution is -2.46. The molecule has 0 radical (unpaired) electrons. The Labute approximate surface area is 175 Å². The minimum Gasteiger partial charge on any atom is -0.357 e. The standard InChI is InChI=1S/C23H37N5O/c1-5-24-23(26-21-16-28(17(2)3)14-18(21)4)25-13-19-9-6-7-10-20(19)15-27-12-8-11-22(27)29/h6-7,9-10,17-18,21H,5,8,11-16H2,1-4H3,(H2,24,25,26). The Morgan fingerprint density at radius 2 is 2.00 bits per heavy atom. The fourth-order valence-electron chi connectivity index (χ4n) is 4.22. The first kappa shape index (κ1) is 21.6. The summed E-state index contributed by atoms with van der Waals surface area (Å²) in [6.45, 7) is 14.1. The van der Waals surface area contributed by atoms with Crippen LogP contribution in [0.1, 0.15) is 51.7 Å². The summed E-state index contributed by atoms with van der Waals surface area (Å²) in [5.74, 6) is 1.74. The van der Waals surface area contributed by atoms with Gasteiger partial charge in [-0.25, -0.2) is 4.99 Å². The highest BCUT2D eigenvalue weighted by atomic mass is 16.2. The lowest BCUT2D eigenvalue weighted by atomic mass is 10.1. The molecule has 6 heteroatoms. The molecule has 3 rings (SSSR count). The van der Waals surface area contributed by atoms with Gasteiger partial charge in [0.1, 0.15) is 0 Å². The van der Waals surface area contributed by atoms with Crippen LogP contribution >= 0.6 is 0 Å². The van der Waals surface area contributed by atoms with Crippen molar-refractivity contribution in [2.24, 2.45) is 10.9 Å². The fourth-order valence-corrected chi connectivity index (χ4v) is 4.22. The van der Waals surface area contributed by atoms with Gasteiger partial charge in [0.15, 0.2) is 5.96 Å². The van der Waals surface area contributed by atoms with Gasteiger partial charge in [0.05, 0.1) is 6.54 Å². The maximum Gasteiger partial charge on any atom is 0.222 e. The number of nitrogens with zero attached hydrogens (tertiary/aromatic N) is 3. The monoisotopic (exact) mass is 399 g/mol. The zero-order valence-corrected chi connectivity index (χ0v) is 18.4. The van der Waals surface area contributed by atoms with Crippen LogP contribution in [0.3, 0.4) is 0 Å². The minimum absolute atomic E-state index is 0.267. The van der Waals surface area contributed by atoms with E-state index in [1.54, 1.807) is 0 Å². The summed E-state index contributed by atoms with van der Waals surface area (Å²) in [6, 6.07) is 9.34. The number of hydrogen-bond acceptors (Lipinski definition) is 3. The van der Waals surface area contributed by atoms with Crippen molar-refractivity contribution in [3.05, 3.63) is 35.4 Å². The highest BCUT2D eigenvalue weighted by molar-refractivity contribution is 5.80. The molecule has 2 fully saturated rings. The van der Waals surface area contributed by atoms with Gasteiger partial charge in [-0.1, -0.05) is 31.2 Å². The van der Waals surface area contributed by atoms with Crippen molar-refractivity contribution in [3.8, 4) is 0 Å². The molecular weight excluding hydrogens is 362 g/mol. The number of likely N-dealkylation sites (tertiary alicyclic amines) is 2.